The number of esters is 1. The smallest absolute Gasteiger partial charge is 0.497 e. The fourth-order valence-electron chi connectivity index (χ4n) is 5.68. The quantitative estimate of drug-likeness (QED) is 0.122. The topological polar surface area (TPSA) is 86.6 Å². The Kier molecular flexibility index (Phi) is 17.6. The van der Waals surface area contributed by atoms with E-state index in [9.17, 15) is 27.6 Å². The van der Waals surface area contributed by atoms with Crippen molar-refractivity contribution in [2.45, 2.75) is 79.1 Å². The van der Waals surface area contributed by atoms with Gasteiger partial charge in [0.05, 0.1) is 31.7 Å². The largest absolute Gasteiger partial charge is 1.00 e. The number of ether oxygens (including phenoxy) is 2. The second kappa shape index (κ2) is 19.0. The number of alkyl halides is 3. The standard InChI is InChI=1S/C35H41F4N2O5.2CH3.Li/c1-9-23-18-41(30(42)16-27(23)35(37,38)39)29(11-19(3)4)34(44)40-28(17-31(43)46-10-2)26-15-24(12-22(7)33(26)36)32-20(5)13-25(45-8)14-21(32)6;;;/h12-16,18-19,28-29H,1,9-11,17H2,2-8H3,(H,40,44);2*1H3;/q3*-1;+1/t28-,29?;;;/m0.../s1. The molecular weight excluding hydrogens is 635 g/mol. The van der Waals surface area contributed by atoms with E-state index in [2.05, 4.69) is 12.2 Å². The van der Waals surface area contributed by atoms with Gasteiger partial charge in [-0.25, -0.2) is 4.39 Å². The Balaban J connectivity index is 0.00000768. The van der Waals surface area contributed by atoms with Crippen molar-refractivity contribution in [3.8, 4) is 16.9 Å². The summed E-state index contributed by atoms with van der Waals surface area (Å²) in [6.07, 6.45) is -4.41. The molecule has 49 heavy (non-hydrogen) atoms. The summed E-state index contributed by atoms with van der Waals surface area (Å²) >= 11 is 0. The molecule has 7 nitrogen and oxygen atoms in total. The van der Waals surface area contributed by atoms with Crippen LogP contribution in [-0.4, -0.2) is 30.2 Å². The maximum Gasteiger partial charge on any atom is 1.00 e. The summed E-state index contributed by atoms with van der Waals surface area (Å²) in [5.74, 6) is -1.62. The van der Waals surface area contributed by atoms with Gasteiger partial charge in [0.25, 0.3) is 5.56 Å². The third-order valence-corrected chi connectivity index (χ3v) is 7.75. The Bertz CT molecular complexity index is 1630. The van der Waals surface area contributed by atoms with Gasteiger partial charge in [0, 0.05) is 17.8 Å². The molecule has 2 atom stereocenters. The first-order chi connectivity index (χ1) is 21.5. The number of hydrogen-bond acceptors (Lipinski definition) is 5. The molecule has 0 spiro atoms. The van der Waals surface area contributed by atoms with Crippen molar-refractivity contribution in [2.24, 2.45) is 5.92 Å². The second-order valence-corrected chi connectivity index (χ2v) is 11.8. The minimum Gasteiger partial charge on any atom is -0.497 e. The van der Waals surface area contributed by atoms with Crippen LogP contribution in [0.1, 0.15) is 79.1 Å². The van der Waals surface area contributed by atoms with E-state index in [0.717, 1.165) is 27.5 Å². The molecule has 0 radical (unpaired) electrons. The Labute approximate surface area is 300 Å². The van der Waals surface area contributed by atoms with Crippen molar-refractivity contribution < 1.29 is 55.5 Å². The molecule has 1 unspecified atom stereocenters. The molecule has 266 valence electrons. The van der Waals surface area contributed by atoms with Gasteiger partial charge in [-0.15, -0.1) is 0 Å². The molecular formula is C37H47F4LiN2O5-2. The number of amides is 1. The van der Waals surface area contributed by atoms with Crippen LogP contribution in [0.2, 0.25) is 0 Å². The zero-order valence-corrected chi connectivity index (χ0v) is 30.2. The van der Waals surface area contributed by atoms with Crippen molar-refractivity contribution in [3.05, 3.63) is 108 Å². The van der Waals surface area contributed by atoms with E-state index in [0.29, 0.717) is 17.4 Å². The number of rotatable bonds is 12. The van der Waals surface area contributed by atoms with Gasteiger partial charge in [-0.1, -0.05) is 13.8 Å². The van der Waals surface area contributed by atoms with Crippen molar-refractivity contribution in [1.29, 1.82) is 0 Å². The van der Waals surface area contributed by atoms with E-state index in [1.807, 2.05) is 26.0 Å². The summed E-state index contributed by atoms with van der Waals surface area (Å²) in [5, 5.41) is 2.73. The molecule has 1 amide bonds. The summed E-state index contributed by atoms with van der Waals surface area (Å²) in [7, 11) is 1.56. The summed E-state index contributed by atoms with van der Waals surface area (Å²) < 4.78 is 68.3. The zero-order chi connectivity index (χ0) is 34.5. The predicted molar refractivity (Wildman–Crippen MR) is 181 cm³/mol. The Hall–Kier alpha value is -3.55. The number of benzene rings is 2. The molecule has 12 heteroatoms. The third-order valence-electron chi connectivity index (χ3n) is 7.75. The molecule has 1 aromatic heterocycles. The number of hydrogen-bond donors (Lipinski definition) is 1. The Morgan fingerprint density at radius 3 is 2.08 bits per heavy atom. The molecule has 0 fully saturated rings. The van der Waals surface area contributed by atoms with Gasteiger partial charge >= 0.3 is 31.0 Å². The van der Waals surface area contributed by atoms with Gasteiger partial charge in [0.2, 0.25) is 5.91 Å². The summed E-state index contributed by atoms with van der Waals surface area (Å²) in [4.78, 5) is 39.7. The van der Waals surface area contributed by atoms with Gasteiger partial charge < -0.3 is 41.1 Å². The minimum absolute atomic E-state index is 0. The molecule has 2 aromatic carbocycles. The van der Waals surface area contributed by atoms with Gasteiger partial charge in [0.15, 0.2) is 0 Å². The second-order valence-electron chi connectivity index (χ2n) is 11.8. The summed E-state index contributed by atoms with van der Waals surface area (Å²) in [5.41, 5.74) is 1.08. The molecule has 0 bridgehead atoms. The first-order valence-electron chi connectivity index (χ1n) is 15.0. The first kappa shape index (κ1) is 45.4. The number of nitrogens with one attached hydrogen (secondary N) is 1. The van der Waals surface area contributed by atoms with Crippen molar-refractivity contribution >= 4 is 11.9 Å². The van der Waals surface area contributed by atoms with Crippen molar-refractivity contribution in [2.75, 3.05) is 13.7 Å². The van der Waals surface area contributed by atoms with E-state index in [-0.39, 0.29) is 75.8 Å². The molecule has 1 N–H and O–H groups in total. The predicted octanol–water partition coefficient (Wildman–Crippen LogP) is 5.29. The number of carbonyl (C=O) groups excluding carboxylic acids is 2. The maximum absolute atomic E-state index is 15.9. The van der Waals surface area contributed by atoms with E-state index in [1.165, 1.54) is 0 Å². The van der Waals surface area contributed by atoms with E-state index in [1.54, 1.807) is 46.9 Å². The Morgan fingerprint density at radius 1 is 1.00 bits per heavy atom. The van der Waals surface area contributed by atoms with Gasteiger partial charge in [0.1, 0.15) is 17.6 Å². The van der Waals surface area contributed by atoms with Crippen molar-refractivity contribution in [3.63, 3.8) is 0 Å². The van der Waals surface area contributed by atoms with E-state index < -0.39 is 53.5 Å². The number of pyridine rings is 1. The van der Waals surface area contributed by atoms with E-state index in [4.69, 9.17) is 9.47 Å². The van der Waals surface area contributed by atoms with Crippen LogP contribution in [-0.2, 0) is 26.9 Å². The van der Waals surface area contributed by atoms with Gasteiger partial charge in [-0.05, 0) is 97.7 Å². The maximum atomic E-state index is 15.9. The molecule has 3 aromatic rings. The van der Waals surface area contributed by atoms with Crippen LogP contribution < -0.4 is 34.5 Å². The molecule has 0 aliphatic heterocycles. The number of nitrogens with zero attached hydrogens (tertiary/aromatic N) is 1. The number of aryl methyl sites for hydroxylation is 3. The zero-order valence-electron chi connectivity index (χ0n) is 30.2. The van der Waals surface area contributed by atoms with Crippen LogP contribution in [0.4, 0.5) is 17.6 Å². The van der Waals surface area contributed by atoms with E-state index >= 15 is 4.39 Å². The molecule has 3 rings (SSSR count). The number of carbonyl (C=O) groups is 2. The van der Waals surface area contributed by atoms with Crippen LogP contribution in [0.15, 0.2) is 41.3 Å². The van der Waals surface area contributed by atoms with Crippen LogP contribution in [0.5, 0.6) is 5.75 Å². The van der Waals surface area contributed by atoms with Gasteiger partial charge in [-0.2, -0.15) is 19.6 Å². The third kappa shape index (κ3) is 11.0. The van der Waals surface area contributed by atoms with Crippen molar-refractivity contribution in [1.82, 2.24) is 9.88 Å². The molecule has 1 heterocycles. The molecule has 0 aliphatic rings. The minimum atomic E-state index is -4.78. The average molecular weight is 683 g/mol. The number of halogens is 4. The fraction of sp³-hybridized carbons (Fsp3) is 0.405. The van der Waals surface area contributed by atoms with Crippen LogP contribution >= 0.6 is 0 Å². The fourth-order valence-corrected chi connectivity index (χ4v) is 5.68. The SMILES string of the molecule is [CH2-]Cc1cn(C(CC(C)C)C(=O)N[C@@H](CC(=O)OCC)c2cc(-c3c(C)cc(OC)cc3C)cc(C)c2F)c(=O)cc1C(F)(F)F.[CH3-].[CH3-].[Li+]. The molecule has 0 saturated carbocycles. The normalized spacial score (nSPS) is 12.2. The average Bonchev–Trinajstić information content (AvgIpc) is 2.96. The summed E-state index contributed by atoms with van der Waals surface area (Å²) in [6.45, 7) is 14.2. The molecule has 0 saturated heterocycles. The number of methoxy groups -OCH3 is 1. The number of aromatic nitrogens is 1. The molecule has 0 aliphatic carbocycles. The van der Waals surface area contributed by atoms with Crippen LogP contribution in [0, 0.1) is 54.3 Å². The van der Waals surface area contributed by atoms with Crippen LogP contribution in [0.3, 0.4) is 0 Å². The van der Waals surface area contributed by atoms with Gasteiger partial charge in [-0.3, -0.25) is 14.4 Å². The monoisotopic (exact) mass is 682 g/mol. The first-order valence-corrected chi connectivity index (χ1v) is 15.0. The van der Waals surface area contributed by atoms with Crippen LogP contribution in [0.25, 0.3) is 11.1 Å². The summed E-state index contributed by atoms with van der Waals surface area (Å²) in [6, 6.07) is 4.90. The Morgan fingerprint density at radius 2 is 1.59 bits per heavy atom.